The number of rotatable bonds is 6. The van der Waals surface area contributed by atoms with Crippen molar-refractivity contribution in [2.24, 2.45) is 0 Å². The highest BCUT2D eigenvalue weighted by molar-refractivity contribution is 7.84. The number of methoxy groups -OCH3 is 2. The monoisotopic (exact) mass is 456 g/mol. The number of amides is 1. The van der Waals surface area contributed by atoms with Crippen LogP contribution in [-0.4, -0.2) is 46.2 Å². The van der Waals surface area contributed by atoms with Gasteiger partial charge in [0.25, 0.3) is 0 Å². The van der Waals surface area contributed by atoms with E-state index in [-0.39, 0.29) is 12.4 Å². The van der Waals surface area contributed by atoms with E-state index in [2.05, 4.69) is 4.90 Å². The number of benzene rings is 2. The second-order valence-electron chi connectivity index (χ2n) is 6.88. The molecule has 0 aromatic heterocycles. The van der Waals surface area contributed by atoms with E-state index in [1.165, 1.54) is 7.11 Å². The molecule has 0 bridgehead atoms. The summed E-state index contributed by atoms with van der Waals surface area (Å²) in [7, 11) is -1.55. The van der Waals surface area contributed by atoms with Crippen molar-refractivity contribution in [1.29, 1.82) is 0 Å². The Bertz CT molecular complexity index is 990. The highest BCUT2D eigenvalue weighted by Gasteiger charge is 2.44. The normalized spacial score (nSPS) is 15.6. The van der Waals surface area contributed by atoms with Crippen LogP contribution in [0.2, 0.25) is 0 Å². The van der Waals surface area contributed by atoms with Crippen LogP contribution in [0.3, 0.4) is 0 Å². The van der Waals surface area contributed by atoms with Crippen molar-refractivity contribution in [3.05, 3.63) is 54.1 Å². The summed E-state index contributed by atoms with van der Waals surface area (Å²) in [5.74, 6) is 0.533. The zero-order valence-corrected chi connectivity index (χ0v) is 18.3. The lowest BCUT2D eigenvalue weighted by atomic mass is 9.72. The number of para-hydroxylation sites is 2. The first-order chi connectivity index (χ1) is 13.8. The molecule has 0 radical (unpaired) electrons. The minimum absolute atomic E-state index is 0. The van der Waals surface area contributed by atoms with Crippen LogP contribution >= 0.6 is 12.4 Å². The Morgan fingerprint density at radius 2 is 1.73 bits per heavy atom. The Labute approximate surface area is 182 Å². The van der Waals surface area contributed by atoms with Gasteiger partial charge in [-0.05, 0) is 42.7 Å². The van der Waals surface area contributed by atoms with Gasteiger partial charge in [0, 0.05) is 13.1 Å². The van der Waals surface area contributed by atoms with E-state index in [1.807, 2.05) is 24.3 Å². The number of anilines is 1. The Morgan fingerprint density at radius 3 is 2.33 bits per heavy atom. The van der Waals surface area contributed by atoms with Crippen molar-refractivity contribution in [1.82, 2.24) is 4.72 Å². The van der Waals surface area contributed by atoms with Gasteiger partial charge in [0.2, 0.25) is 5.91 Å². The fraction of sp³-hybridized carbons (Fsp3) is 0.350. The molecular formula is C20H25ClN2O6S. The van der Waals surface area contributed by atoms with Crippen molar-refractivity contribution in [3.63, 3.8) is 0 Å². The number of nitrogens with zero attached hydrogens (tertiary/aromatic N) is 1. The molecule has 2 aromatic carbocycles. The van der Waals surface area contributed by atoms with E-state index in [0.29, 0.717) is 37.2 Å². The lowest BCUT2D eigenvalue weighted by Gasteiger charge is -2.42. The Morgan fingerprint density at radius 1 is 1.07 bits per heavy atom. The SMILES string of the molecule is COc1cccc(C2(C(=O)NS(=O)(=O)O)CCN(c3ccccc3OC)CC2)c1.Cl. The zero-order chi connectivity index (χ0) is 21.1. The molecule has 1 amide bonds. The summed E-state index contributed by atoms with van der Waals surface area (Å²) in [5, 5.41) is 0. The standard InChI is InChI=1S/C20H24N2O6S.ClH/c1-27-16-7-5-6-15(14-16)20(19(23)21-29(24,25)26)10-12-22(13-11-20)17-8-3-4-9-18(17)28-2;/h3-9,14H,10-13H2,1-2H3,(H,21,23)(H,24,25,26);1H. The fourth-order valence-corrected chi connectivity index (χ4v) is 4.23. The molecule has 1 fully saturated rings. The topological polar surface area (TPSA) is 105 Å². The summed E-state index contributed by atoms with van der Waals surface area (Å²) in [6.45, 7) is 0.993. The number of piperidine rings is 1. The molecule has 1 aliphatic heterocycles. The van der Waals surface area contributed by atoms with Crippen LogP contribution < -0.4 is 19.1 Å². The third kappa shape index (κ3) is 4.97. The summed E-state index contributed by atoms with van der Waals surface area (Å²) >= 11 is 0. The van der Waals surface area contributed by atoms with Crippen molar-refractivity contribution in [3.8, 4) is 11.5 Å². The van der Waals surface area contributed by atoms with Crippen LogP contribution in [0.5, 0.6) is 11.5 Å². The molecule has 30 heavy (non-hydrogen) atoms. The van der Waals surface area contributed by atoms with Crippen molar-refractivity contribution >= 4 is 34.3 Å². The molecular weight excluding hydrogens is 432 g/mol. The molecule has 3 rings (SSSR count). The van der Waals surface area contributed by atoms with Gasteiger partial charge in [0.15, 0.2) is 0 Å². The third-order valence-electron chi connectivity index (χ3n) is 5.32. The van der Waals surface area contributed by atoms with Gasteiger partial charge in [-0.15, -0.1) is 12.4 Å². The third-order valence-corrected chi connectivity index (χ3v) is 5.76. The van der Waals surface area contributed by atoms with Crippen LogP contribution in [0.1, 0.15) is 18.4 Å². The van der Waals surface area contributed by atoms with Crippen molar-refractivity contribution in [2.45, 2.75) is 18.3 Å². The molecule has 0 spiro atoms. The van der Waals surface area contributed by atoms with Crippen molar-refractivity contribution in [2.75, 3.05) is 32.2 Å². The number of carbonyl (C=O) groups excluding carboxylic acids is 1. The summed E-state index contributed by atoms with van der Waals surface area (Å²) in [4.78, 5) is 15.1. The Hall–Kier alpha value is -2.49. The van der Waals surface area contributed by atoms with Gasteiger partial charge in [-0.1, -0.05) is 24.3 Å². The van der Waals surface area contributed by atoms with Crippen molar-refractivity contribution < 1.29 is 27.2 Å². The van der Waals surface area contributed by atoms with E-state index in [1.54, 1.807) is 36.1 Å². The first-order valence-corrected chi connectivity index (χ1v) is 10.6. The predicted molar refractivity (Wildman–Crippen MR) is 116 cm³/mol. The molecule has 0 aliphatic carbocycles. The van der Waals surface area contributed by atoms with E-state index < -0.39 is 21.6 Å². The lowest BCUT2D eigenvalue weighted by molar-refractivity contribution is -0.125. The van der Waals surface area contributed by atoms with E-state index in [0.717, 1.165) is 11.4 Å². The highest BCUT2D eigenvalue weighted by Crippen LogP contribution is 2.40. The molecule has 0 atom stereocenters. The minimum Gasteiger partial charge on any atom is -0.497 e. The summed E-state index contributed by atoms with van der Waals surface area (Å²) in [6, 6.07) is 14.6. The average molecular weight is 457 g/mol. The Kier molecular flexibility index (Phi) is 7.57. The summed E-state index contributed by atoms with van der Waals surface area (Å²) in [6.07, 6.45) is 0.694. The molecule has 0 unspecified atom stereocenters. The first-order valence-electron chi connectivity index (χ1n) is 9.11. The molecule has 0 saturated carbocycles. The molecule has 2 aromatic rings. The molecule has 1 aliphatic rings. The van der Waals surface area contributed by atoms with Gasteiger partial charge in [0.1, 0.15) is 11.5 Å². The smallest absolute Gasteiger partial charge is 0.359 e. The number of carbonyl (C=O) groups is 1. The lowest BCUT2D eigenvalue weighted by Crippen LogP contribution is -2.53. The van der Waals surface area contributed by atoms with E-state index in [9.17, 15) is 13.2 Å². The Balaban J connectivity index is 0.00000320. The van der Waals surface area contributed by atoms with Gasteiger partial charge in [-0.3, -0.25) is 9.35 Å². The van der Waals surface area contributed by atoms with E-state index in [4.69, 9.17) is 14.0 Å². The highest BCUT2D eigenvalue weighted by atomic mass is 35.5. The van der Waals surface area contributed by atoms with Crippen LogP contribution in [0, 0.1) is 0 Å². The molecule has 1 saturated heterocycles. The van der Waals surface area contributed by atoms with E-state index >= 15 is 0 Å². The largest absolute Gasteiger partial charge is 0.497 e. The number of halogens is 1. The maximum absolute atomic E-state index is 13.0. The van der Waals surface area contributed by atoms with Gasteiger partial charge in [0.05, 0.1) is 25.3 Å². The summed E-state index contributed by atoms with van der Waals surface area (Å²) in [5.41, 5.74) is 0.421. The molecule has 164 valence electrons. The average Bonchev–Trinajstić information content (AvgIpc) is 2.72. The van der Waals surface area contributed by atoms with Gasteiger partial charge >= 0.3 is 10.3 Å². The number of nitrogens with one attached hydrogen (secondary N) is 1. The first kappa shape index (κ1) is 23.8. The van der Waals surface area contributed by atoms with Crippen LogP contribution in [0.25, 0.3) is 0 Å². The molecule has 8 nitrogen and oxygen atoms in total. The summed E-state index contributed by atoms with van der Waals surface area (Å²) < 4.78 is 44.3. The van der Waals surface area contributed by atoms with Crippen LogP contribution in [-0.2, 0) is 20.5 Å². The fourth-order valence-electron chi connectivity index (χ4n) is 3.80. The number of hydrogen-bond donors (Lipinski definition) is 2. The zero-order valence-electron chi connectivity index (χ0n) is 16.7. The van der Waals surface area contributed by atoms with Gasteiger partial charge in [-0.25, -0.2) is 4.72 Å². The maximum atomic E-state index is 13.0. The number of hydrogen-bond acceptors (Lipinski definition) is 6. The number of ether oxygens (including phenoxy) is 2. The predicted octanol–water partition coefficient (Wildman–Crippen LogP) is 2.58. The minimum atomic E-state index is -4.68. The second kappa shape index (κ2) is 9.55. The van der Waals surface area contributed by atoms with Gasteiger partial charge < -0.3 is 14.4 Å². The quantitative estimate of drug-likeness (QED) is 0.643. The van der Waals surface area contributed by atoms with Gasteiger partial charge in [-0.2, -0.15) is 8.42 Å². The molecule has 10 heteroatoms. The maximum Gasteiger partial charge on any atom is 0.359 e. The van der Waals surface area contributed by atoms with Crippen LogP contribution in [0.4, 0.5) is 5.69 Å². The molecule has 2 N–H and O–H groups in total. The van der Waals surface area contributed by atoms with Crippen LogP contribution in [0.15, 0.2) is 48.5 Å². The molecule has 1 heterocycles. The second-order valence-corrected chi connectivity index (χ2v) is 8.03.